The molecule has 0 bridgehead atoms. The summed E-state index contributed by atoms with van der Waals surface area (Å²) in [7, 11) is 0. The molecule has 0 aliphatic carbocycles. The smallest absolute Gasteiger partial charge is 0.332 e. The average Bonchev–Trinajstić information content (AvgIpc) is 3.10. The van der Waals surface area contributed by atoms with Crippen LogP contribution in [0.25, 0.3) is 10.9 Å². The zero-order valence-corrected chi connectivity index (χ0v) is 14.7. The van der Waals surface area contributed by atoms with Gasteiger partial charge in [0.25, 0.3) is 0 Å². The van der Waals surface area contributed by atoms with E-state index in [4.69, 9.17) is 4.84 Å². The summed E-state index contributed by atoms with van der Waals surface area (Å²) in [5, 5.41) is 15.2. The van der Waals surface area contributed by atoms with Gasteiger partial charge in [0, 0.05) is 22.3 Å². The van der Waals surface area contributed by atoms with Gasteiger partial charge in [-0.3, -0.25) is 0 Å². The third-order valence-corrected chi connectivity index (χ3v) is 4.54. The molecular formula is C18H12BrN3O3. The lowest BCUT2D eigenvalue weighted by molar-refractivity contribution is -0.140. The number of para-hydroxylation sites is 2. The molecule has 1 aliphatic heterocycles. The van der Waals surface area contributed by atoms with Gasteiger partial charge in [0.2, 0.25) is 0 Å². The maximum absolute atomic E-state index is 11.2. The number of aliphatic imine (C=N–C) groups is 1. The van der Waals surface area contributed by atoms with Gasteiger partial charge >= 0.3 is 5.97 Å². The van der Waals surface area contributed by atoms with Gasteiger partial charge in [-0.25, -0.2) is 9.79 Å². The van der Waals surface area contributed by atoms with E-state index in [1.807, 2.05) is 42.5 Å². The van der Waals surface area contributed by atoms with Crippen LogP contribution in [0.1, 0.15) is 18.1 Å². The predicted molar refractivity (Wildman–Crippen MR) is 98.6 cm³/mol. The maximum atomic E-state index is 11.2. The number of hydrogen-bond donors (Lipinski definition) is 2. The molecule has 6 nitrogen and oxygen atoms in total. The summed E-state index contributed by atoms with van der Waals surface area (Å²) in [6, 6.07) is 13.0. The van der Waals surface area contributed by atoms with Crippen LogP contribution in [-0.2, 0) is 9.63 Å². The van der Waals surface area contributed by atoms with Crippen LogP contribution in [0.2, 0.25) is 0 Å². The first-order valence-electron chi connectivity index (χ1n) is 7.50. The van der Waals surface area contributed by atoms with E-state index in [1.54, 1.807) is 0 Å². The fourth-order valence-electron chi connectivity index (χ4n) is 2.86. The van der Waals surface area contributed by atoms with Crippen molar-refractivity contribution >= 4 is 49.9 Å². The predicted octanol–water partition coefficient (Wildman–Crippen LogP) is 4.04. The second kappa shape index (κ2) is 5.86. The molecule has 0 spiro atoms. The molecule has 0 saturated heterocycles. The van der Waals surface area contributed by atoms with Gasteiger partial charge in [0.1, 0.15) is 11.4 Å². The van der Waals surface area contributed by atoms with Crippen molar-refractivity contribution in [3.8, 4) is 5.88 Å². The van der Waals surface area contributed by atoms with Crippen LogP contribution in [0.15, 0.2) is 57.1 Å². The molecule has 1 aliphatic rings. The average molecular weight is 398 g/mol. The number of nitrogens with zero attached hydrogens (tertiary/aromatic N) is 2. The van der Waals surface area contributed by atoms with Gasteiger partial charge in [0.15, 0.2) is 5.88 Å². The fourth-order valence-corrected chi connectivity index (χ4v) is 3.32. The molecule has 2 heterocycles. The van der Waals surface area contributed by atoms with E-state index in [9.17, 15) is 9.90 Å². The van der Waals surface area contributed by atoms with Gasteiger partial charge < -0.3 is 14.9 Å². The summed E-state index contributed by atoms with van der Waals surface area (Å²) in [5.74, 6) is -0.550. The van der Waals surface area contributed by atoms with Crippen LogP contribution in [-0.4, -0.2) is 27.5 Å². The highest BCUT2D eigenvalue weighted by Crippen LogP contribution is 2.37. The summed E-state index contributed by atoms with van der Waals surface area (Å²) in [6.45, 7) is 1.28. The number of carbonyl (C=O) groups is 1. The van der Waals surface area contributed by atoms with Gasteiger partial charge in [-0.05, 0) is 28.1 Å². The first-order valence-corrected chi connectivity index (χ1v) is 8.29. The van der Waals surface area contributed by atoms with Crippen LogP contribution < -0.4 is 0 Å². The lowest BCUT2D eigenvalue weighted by Crippen LogP contribution is -2.14. The number of aromatic amines is 1. The molecule has 4 rings (SSSR count). The summed E-state index contributed by atoms with van der Waals surface area (Å²) in [5.41, 5.74) is 3.56. The summed E-state index contributed by atoms with van der Waals surface area (Å²) in [4.78, 5) is 23.6. The number of nitrogens with one attached hydrogen (secondary N) is 1. The molecule has 0 atom stereocenters. The maximum Gasteiger partial charge on any atom is 0.332 e. The fraction of sp³-hybridized carbons (Fsp3) is 0.0556. The Kier molecular flexibility index (Phi) is 3.65. The van der Waals surface area contributed by atoms with Gasteiger partial charge in [-0.1, -0.05) is 35.5 Å². The number of carbonyl (C=O) groups excluding carboxylic acids is 1. The summed E-state index contributed by atoms with van der Waals surface area (Å²) < 4.78 is 0.820. The van der Waals surface area contributed by atoms with Gasteiger partial charge in [0.05, 0.1) is 16.8 Å². The zero-order valence-electron chi connectivity index (χ0n) is 13.1. The molecule has 1 aromatic heterocycles. The molecule has 2 aromatic carbocycles. The van der Waals surface area contributed by atoms with Crippen molar-refractivity contribution in [1.29, 1.82) is 0 Å². The highest BCUT2D eigenvalue weighted by Gasteiger charge is 2.29. The number of fused-ring (bicyclic) bond motifs is 2. The largest absolute Gasteiger partial charge is 0.494 e. The Labute approximate surface area is 151 Å². The van der Waals surface area contributed by atoms with E-state index in [-0.39, 0.29) is 5.88 Å². The number of hydrogen-bond acceptors (Lipinski definition) is 5. The number of halogens is 1. The molecule has 0 amide bonds. The normalized spacial score (nSPS) is 14.6. The first kappa shape index (κ1) is 15.6. The van der Waals surface area contributed by atoms with Crippen LogP contribution in [0.4, 0.5) is 5.69 Å². The van der Waals surface area contributed by atoms with Crippen molar-refractivity contribution in [2.45, 2.75) is 6.92 Å². The molecule has 2 N–H and O–H groups in total. The van der Waals surface area contributed by atoms with Gasteiger partial charge in [-0.15, -0.1) is 0 Å². The number of oxime groups is 1. The Bertz CT molecular complexity index is 1080. The Balaban J connectivity index is 1.96. The Morgan fingerprint density at radius 1 is 1.24 bits per heavy atom. The van der Waals surface area contributed by atoms with Crippen molar-refractivity contribution in [3.63, 3.8) is 0 Å². The summed E-state index contributed by atoms with van der Waals surface area (Å²) >= 11 is 3.46. The van der Waals surface area contributed by atoms with Crippen LogP contribution in [0.5, 0.6) is 5.88 Å². The topological polar surface area (TPSA) is 87.0 Å². The molecule has 0 radical (unpaired) electrons. The highest BCUT2D eigenvalue weighted by molar-refractivity contribution is 9.10. The van der Waals surface area contributed by atoms with Crippen molar-refractivity contribution in [2.75, 3.05) is 0 Å². The van der Waals surface area contributed by atoms with E-state index in [1.165, 1.54) is 6.92 Å². The van der Waals surface area contributed by atoms with Crippen molar-refractivity contribution in [3.05, 3.63) is 58.1 Å². The van der Waals surface area contributed by atoms with E-state index < -0.39 is 5.97 Å². The van der Waals surface area contributed by atoms with Gasteiger partial charge in [-0.2, -0.15) is 0 Å². The number of rotatable bonds is 2. The molecule has 3 aromatic rings. The van der Waals surface area contributed by atoms with Crippen molar-refractivity contribution in [2.24, 2.45) is 10.1 Å². The van der Waals surface area contributed by atoms with Crippen LogP contribution in [0, 0.1) is 0 Å². The molecule has 124 valence electrons. The van der Waals surface area contributed by atoms with Crippen LogP contribution >= 0.6 is 15.9 Å². The monoisotopic (exact) mass is 397 g/mol. The van der Waals surface area contributed by atoms with E-state index >= 15 is 0 Å². The second-order valence-electron chi connectivity index (χ2n) is 5.51. The minimum absolute atomic E-state index is 0.0241. The molecule has 25 heavy (non-hydrogen) atoms. The number of aromatic hydroxyl groups is 1. The minimum atomic E-state index is -0.526. The zero-order chi connectivity index (χ0) is 17.6. The highest BCUT2D eigenvalue weighted by atomic mass is 79.9. The van der Waals surface area contributed by atoms with E-state index in [0.29, 0.717) is 22.7 Å². The molecule has 0 fully saturated rings. The Morgan fingerprint density at radius 2 is 2.04 bits per heavy atom. The van der Waals surface area contributed by atoms with Crippen molar-refractivity contribution in [1.82, 2.24) is 4.98 Å². The molecule has 7 heteroatoms. The van der Waals surface area contributed by atoms with Crippen molar-refractivity contribution < 1.29 is 14.7 Å². The lowest BCUT2D eigenvalue weighted by Gasteiger charge is -2.03. The van der Waals surface area contributed by atoms with E-state index in [2.05, 4.69) is 31.1 Å². The quantitative estimate of drug-likeness (QED) is 0.505. The van der Waals surface area contributed by atoms with Crippen LogP contribution in [0.3, 0.4) is 0 Å². The molecule has 0 unspecified atom stereocenters. The second-order valence-corrected chi connectivity index (χ2v) is 6.37. The molecule has 0 saturated carbocycles. The Morgan fingerprint density at radius 3 is 2.84 bits per heavy atom. The number of benzene rings is 2. The van der Waals surface area contributed by atoms with E-state index in [0.717, 1.165) is 20.9 Å². The Hall–Kier alpha value is -2.93. The number of aromatic nitrogens is 1. The lowest BCUT2D eigenvalue weighted by atomic mass is 10.0. The minimum Gasteiger partial charge on any atom is -0.494 e. The number of H-pyrrole nitrogens is 1. The third-order valence-electron chi connectivity index (χ3n) is 3.88. The third kappa shape index (κ3) is 2.53. The SMILES string of the molecule is CC(=O)O/N=C1\C(c2c(O)[nH]c3c(Br)cccc23)=Nc2ccccc21. The summed E-state index contributed by atoms with van der Waals surface area (Å²) in [6.07, 6.45) is 0. The molecular weight excluding hydrogens is 386 g/mol. The standard InChI is InChI=1S/C18H12BrN3O3/c1-9(23)25-22-16-10-5-2-3-8-13(10)20-17(16)14-11-6-4-7-12(19)15(11)21-18(14)24/h2-8,21,24H,1H3/b22-16-. The first-order chi connectivity index (χ1) is 12.1.